The summed E-state index contributed by atoms with van der Waals surface area (Å²) in [6.07, 6.45) is -2.28. The summed E-state index contributed by atoms with van der Waals surface area (Å²) in [6, 6.07) is 2.98. The molecule has 3 nitrogen and oxygen atoms in total. The number of rotatable bonds is 2. The van der Waals surface area contributed by atoms with Crippen LogP contribution in [-0.2, 0) is 6.18 Å². The number of nitrogens with one attached hydrogen (secondary N) is 2. The van der Waals surface area contributed by atoms with Crippen molar-refractivity contribution in [3.8, 4) is 11.3 Å². The molecule has 1 aliphatic rings. The molecule has 1 aromatic heterocycles. The molecule has 2 aromatic rings. The van der Waals surface area contributed by atoms with Gasteiger partial charge in [0, 0.05) is 11.5 Å². The summed E-state index contributed by atoms with van der Waals surface area (Å²) in [4.78, 5) is 7.42. The van der Waals surface area contributed by atoms with Gasteiger partial charge in [-0.05, 0) is 43.6 Å². The summed E-state index contributed by atoms with van der Waals surface area (Å²) >= 11 is 0. The third kappa shape index (κ3) is 4.65. The van der Waals surface area contributed by atoms with Crippen LogP contribution in [-0.4, -0.2) is 23.1 Å². The Morgan fingerprint density at radius 3 is 2.56 bits per heavy atom. The first kappa shape index (κ1) is 21.7. The van der Waals surface area contributed by atoms with Crippen molar-refractivity contribution in [1.29, 1.82) is 0 Å². The molecular formula is C16H19Cl2F4N3. The normalized spacial score (nSPS) is 20.5. The van der Waals surface area contributed by atoms with Gasteiger partial charge in [0.05, 0.1) is 17.5 Å². The number of halogens is 6. The molecule has 1 aliphatic heterocycles. The molecular weight excluding hydrogens is 381 g/mol. The minimum absolute atomic E-state index is 0. The van der Waals surface area contributed by atoms with Crippen LogP contribution in [0.2, 0.25) is 0 Å². The summed E-state index contributed by atoms with van der Waals surface area (Å²) in [6.45, 7) is 3.88. The van der Waals surface area contributed by atoms with Gasteiger partial charge in [-0.2, -0.15) is 13.2 Å². The third-order valence-electron chi connectivity index (χ3n) is 4.31. The highest BCUT2D eigenvalue weighted by atomic mass is 35.5. The molecule has 2 atom stereocenters. The minimum Gasteiger partial charge on any atom is -0.342 e. The molecule has 0 spiro atoms. The van der Waals surface area contributed by atoms with Crippen LogP contribution in [0.15, 0.2) is 24.4 Å². The van der Waals surface area contributed by atoms with E-state index in [2.05, 4.69) is 22.2 Å². The molecule has 9 heteroatoms. The van der Waals surface area contributed by atoms with Crippen molar-refractivity contribution in [2.45, 2.75) is 25.4 Å². The molecule has 0 radical (unpaired) electrons. The second kappa shape index (κ2) is 8.38. The lowest BCUT2D eigenvalue weighted by molar-refractivity contribution is -0.139. The van der Waals surface area contributed by atoms with Crippen LogP contribution in [0.25, 0.3) is 11.3 Å². The lowest BCUT2D eigenvalue weighted by Gasteiger charge is -2.27. The van der Waals surface area contributed by atoms with Crippen molar-refractivity contribution in [2.24, 2.45) is 5.92 Å². The monoisotopic (exact) mass is 399 g/mol. The van der Waals surface area contributed by atoms with Crippen LogP contribution >= 0.6 is 24.8 Å². The number of nitrogens with zero attached hydrogens (tertiary/aromatic N) is 1. The summed E-state index contributed by atoms with van der Waals surface area (Å²) in [5.41, 5.74) is -0.517. The van der Waals surface area contributed by atoms with Crippen LogP contribution in [0.3, 0.4) is 0 Å². The molecule has 1 saturated heterocycles. The smallest absolute Gasteiger partial charge is 0.342 e. The maximum Gasteiger partial charge on any atom is 0.419 e. The summed E-state index contributed by atoms with van der Waals surface area (Å²) < 4.78 is 51.8. The van der Waals surface area contributed by atoms with Gasteiger partial charge >= 0.3 is 6.18 Å². The molecule has 2 heterocycles. The van der Waals surface area contributed by atoms with Crippen LogP contribution in [0.1, 0.15) is 30.7 Å². The average Bonchev–Trinajstić information content (AvgIpc) is 2.96. The summed E-state index contributed by atoms with van der Waals surface area (Å²) in [5, 5.41) is 3.29. The number of hydrogen-bond donors (Lipinski definition) is 2. The number of alkyl halides is 3. The fraction of sp³-hybridized carbons (Fsp3) is 0.438. The highest BCUT2D eigenvalue weighted by Gasteiger charge is 2.34. The van der Waals surface area contributed by atoms with E-state index in [1.807, 2.05) is 0 Å². The average molecular weight is 400 g/mol. The van der Waals surface area contributed by atoms with E-state index >= 15 is 0 Å². The molecule has 1 fully saturated rings. The Balaban J connectivity index is 0.00000156. The van der Waals surface area contributed by atoms with E-state index in [0.717, 1.165) is 37.5 Å². The van der Waals surface area contributed by atoms with Crippen molar-refractivity contribution < 1.29 is 17.6 Å². The predicted molar refractivity (Wildman–Crippen MR) is 92.9 cm³/mol. The third-order valence-corrected chi connectivity index (χ3v) is 4.31. The van der Waals surface area contributed by atoms with E-state index in [1.165, 1.54) is 12.3 Å². The SMILES string of the molecule is CC1CNCCC1c1ncc(-c2ccc(F)c(C(F)(F)F)c2)[nH]1.Cl.Cl. The molecule has 2 unspecified atom stereocenters. The number of piperidine rings is 1. The maximum absolute atomic E-state index is 13.4. The van der Waals surface area contributed by atoms with Crippen molar-refractivity contribution in [1.82, 2.24) is 15.3 Å². The molecule has 0 bridgehead atoms. The van der Waals surface area contributed by atoms with Gasteiger partial charge in [-0.1, -0.05) is 6.92 Å². The Morgan fingerprint density at radius 2 is 1.92 bits per heavy atom. The van der Waals surface area contributed by atoms with Crippen LogP contribution in [0.4, 0.5) is 17.6 Å². The number of imidazole rings is 1. The van der Waals surface area contributed by atoms with E-state index in [4.69, 9.17) is 0 Å². The summed E-state index contributed by atoms with van der Waals surface area (Å²) in [7, 11) is 0. The standard InChI is InChI=1S/C16H17F4N3.2ClH/c1-9-7-21-5-4-11(9)15-22-8-14(23-15)10-2-3-13(17)12(6-10)16(18,19)20;;/h2-3,6,8-9,11,21H,4-5,7H2,1H3,(H,22,23);2*1H. The maximum atomic E-state index is 13.4. The van der Waals surface area contributed by atoms with Gasteiger partial charge in [0.15, 0.2) is 0 Å². The predicted octanol–water partition coefficient (Wildman–Crippen LogP) is 4.79. The Labute approximate surface area is 155 Å². The quantitative estimate of drug-likeness (QED) is 0.712. The highest BCUT2D eigenvalue weighted by Crippen LogP contribution is 2.35. The van der Waals surface area contributed by atoms with E-state index in [0.29, 0.717) is 11.6 Å². The lowest BCUT2D eigenvalue weighted by Crippen LogP contribution is -2.34. The number of benzene rings is 1. The zero-order valence-electron chi connectivity index (χ0n) is 13.4. The molecule has 140 valence electrons. The van der Waals surface area contributed by atoms with E-state index in [9.17, 15) is 17.6 Å². The van der Waals surface area contributed by atoms with Gasteiger partial charge in [0.25, 0.3) is 0 Å². The molecule has 1 aromatic carbocycles. The largest absolute Gasteiger partial charge is 0.419 e. The number of hydrogen-bond acceptors (Lipinski definition) is 2. The highest BCUT2D eigenvalue weighted by molar-refractivity contribution is 5.85. The zero-order chi connectivity index (χ0) is 16.6. The van der Waals surface area contributed by atoms with E-state index < -0.39 is 17.6 Å². The fourth-order valence-corrected chi connectivity index (χ4v) is 3.00. The van der Waals surface area contributed by atoms with Crippen LogP contribution in [0.5, 0.6) is 0 Å². The van der Waals surface area contributed by atoms with Gasteiger partial charge in [-0.3, -0.25) is 0 Å². The summed E-state index contributed by atoms with van der Waals surface area (Å²) in [5.74, 6) is 0.133. The van der Waals surface area contributed by atoms with Gasteiger partial charge in [0.2, 0.25) is 0 Å². The second-order valence-electron chi connectivity index (χ2n) is 5.95. The first-order valence-corrected chi connectivity index (χ1v) is 7.49. The molecule has 2 N–H and O–H groups in total. The van der Waals surface area contributed by atoms with Gasteiger partial charge in [-0.15, -0.1) is 24.8 Å². The number of H-pyrrole nitrogens is 1. The van der Waals surface area contributed by atoms with E-state index in [-0.39, 0.29) is 36.3 Å². The molecule has 0 saturated carbocycles. The van der Waals surface area contributed by atoms with Crippen molar-refractivity contribution >= 4 is 24.8 Å². The number of aromatic amines is 1. The molecule has 25 heavy (non-hydrogen) atoms. The fourth-order valence-electron chi connectivity index (χ4n) is 3.00. The molecule has 3 rings (SSSR count). The second-order valence-corrected chi connectivity index (χ2v) is 5.95. The number of aromatic nitrogens is 2. The van der Waals surface area contributed by atoms with Crippen LogP contribution < -0.4 is 5.32 Å². The zero-order valence-corrected chi connectivity index (χ0v) is 15.0. The van der Waals surface area contributed by atoms with Crippen molar-refractivity contribution in [2.75, 3.05) is 13.1 Å². The Bertz CT molecular complexity index is 703. The van der Waals surface area contributed by atoms with Gasteiger partial charge in [-0.25, -0.2) is 9.37 Å². The Morgan fingerprint density at radius 1 is 1.20 bits per heavy atom. The van der Waals surface area contributed by atoms with Crippen molar-refractivity contribution in [3.05, 3.63) is 41.6 Å². The minimum atomic E-state index is -4.72. The Hall–Kier alpha value is -1.31. The van der Waals surface area contributed by atoms with Gasteiger partial charge < -0.3 is 10.3 Å². The lowest BCUT2D eigenvalue weighted by atomic mass is 9.87. The van der Waals surface area contributed by atoms with Gasteiger partial charge in [0.1, 0.15) is 11.6 Å². The molecule has 0 amide bonds. The van der Waals surface area contributed by atoms with Crippen molar-refractivity contribution in [3.63, 3.8) is 0 Å². The topological polar surface area (TPSA) is 40.7 Å². The van der Waals surface area contributed by atoms with Crippen LogP contribution in [0, 0.1) is 11.7 Å². The van der Waals surface area contributed by atoms with E-state index in [1.54, 1.807) is 0 Å². The first-order chi connectivity index (χ1) is 10.9. The molecule has 0 aliphatic carbocycles. The Kier molecular flexibility index (Phi) is 7.28. The first-order valence-electron chi connectivity index (χ1n) is 7.49.